The van der Waals surface area contributed by atoms with Gasteiger partial charge >= 0.3 is 0 Å². The highest BCUT2D eigenvalue weighted by Crippen LogP contribution is 2.38. The highest BCUT2D eigenvalue weighted by molar-refractivity contribution is 7.90. The number of likely N-dealkylation sites (tertiary alicyclic amines) is 1. The molecule has 0 saturated carbocycles. The Kier molecular flexibility index (Phi) is 5.05. The van der Waals surface area contributed by atoms with Gasteiger partial charge in [0.15, 0.2) is 11.5 Å². The van der Waals surface area contributed by atoms with E-state index in [9.17, 15) is 13.2 Å². The number of fused-ring (bicyclic) bond motifs is 2. The van der Waals surface area contributed by atoms with E-state index in [0.717, 1.165) is 29.9 Å². The molecule has 1 N–H and O–H groups in total. The van der Waals surface area contributed by atoms with Crippen molar-refractivity contribution in [1.29, 1.82) is 0 Å². The Hall–Kier alpha value is -3.07. The number of benzene rings is 2. The molecule has 162 valence electrons. The molecular weight excluding hydrogens is 418 g/mol. The summed E-state index contributed by atoms with van der Waals surface area (Å²) in [5.41, 5.74) is 1.59. The average molecular weight is 442 g/mol. The van der Waals surface area contributed by atoms with E-state index >= 15 is 0 Å². The van der Waals surface area contributed by atoms with Crippen LogP contribution in [0.15, 0.2) is 52.4 Å². The summed E-state index contributed by atoms with van der Waals surface area (Å²) in [5.74, 6) is 1.77. The lowest BCUT2D eigenvalue weighted by Crippen LogP contribution is -2.31. The molecule has 0 spiro atoms. The maximum absolute atomic E-state index is 12.9. The van der Waals surface area contributed by atoms with Crippen LogP contribution in [0.4, 0.5) is 0 Å². The lowest BCUT2D eigenvalue weighted by atomic mass is 10.0. The molecule has 31 heavy (non-hydrogen) atoms. The molecule has 1 fully saturated rings. The monoisotopic (exact) mass is 441 g/mol. The number of aliphatic imine (C=N–C) groups is 1. The second kappa shape index (κ2) is 7.88. The molecule has 5 rings (SSSR count). The van der Waals surface area contributed by atoms with Gasteiger partial charge in [0.05, 0.1) is 17.5 Å². The van der Waals surface area contributed by atoms with Gasteiger partial charge in [0.25, 0.3) is 10.0 Å². The zero-order valence-electron chi connectivity index (χ0n) is 16.9. The zero-order valence-corrected chi connectivity index (χ0v) is 17.7. The normalized spacial score (nSPS) is 22.3. The van der Waals surface area contributed by atoms with E-state index in [1.165, 1.54) is 0 Å². The van der Waals surface area contributed by atoms with Crippen LogP contribution in [0.1, 0.15) is 36.4 Å². The minimum Gasteiger partial charge on any atom is -0.486 e. The first kappa shape index (κ1) is 19.9. The van der Waals surface area contributed by atoms with Gasteiger partial charge in [-0.05, 0) is 42.7 Å². The molecule has 1 amide bonds. The van der Waals surface area contributed by atoms with Gasteiger partial charge in [0.2, 0.25) is 5.91 Å². The molecule has 1 saturated heterocycles. The van der Waals surface area contributed by atoms with E-state index in [-0.39, 0.29) is 29.8 Å². The lowest BCUT2D eigenvalue weighted by Gasteiger charge is -2.26. The number of carbonyl (C=O) groups excluding carboxylic acids is 1. The number of carbonyl (C=O) groups is 1. The molecule has 0 radical (unpaired) electrons. The van der Waals surface area contributed by atoms with Crippen molar-refractivity contribution in [2.45, 2.75) is 30.2 Å². The minimum atomic E-state index is -3.57. The number of hydrogen-bond acceptors (Lipinski definition) is 6. The van der Waals surface area contributed by atoms with Crippen LogP contribution in [0.3, 0.4) is 0 Å². The van der Waals surface area contributed by atoms with Crippen LogP contribution in [-0.2, 0) is 14.8 Å². The average Bonchev–Trinajstić information content (AvgIpc) is 3.37. The lowest BCUT2D eigenvalue weighted by molar-refractivity contribution is -0.131. The van der Waals surface area contributed by atoms with Gasteiger partial charge in [-0.25, -0.2) is 8.42 Å². The van der Waals surface area contributed by atoms with Gasteiger partial charge in [0, 0.05) is 18.5 Å². The molecule has 2 aromatic rings. The van der Waals surface area contributed by atoms with Crippen molar-refractivity contribution >= 4 is 21.8 Å². The van der Waals surface area contributed by atoms with Gasteiger partial charge in [-0.3, -0.25) is 14.5 Å². The topological polar surface area (TPSA) is 97.3 Å². The van der Waals surface area contributed by atoms with Crippen molar-refractivity contribution in [2.24, 2.45) is 4.99 Å². The van der Waals surface area contributed by atoms with Crippen LogP contribution in [0.2, 0.25) is 0 Å². The summed E-state index contributed by atoms with van der Waals surface area (Å²) in [5, 5.41) is 0. The summed E-state index contributed by atoms with van der Waals surface area (Å²) in [6, 6.07) is 12.6. The number of rotatable bonds is 4. The van der Waals surface area contributed by atoms with E-state index < -0.39 is 10.0 Å². The number of hydrogen-bond donors (Lipinski definition) is 1. The Labute approximate surface area is 180 Å². The third-order valence-electron chi connectivity index (χ3n) is 5.78. The number of nitrogens with zero attached hydrogens (tertiary/aromatic N) is 2. The van der Waals surface area contributed by atoms with Gasteiger partial charge in [-0.15, -0.1) is 0 Å². The Bertz CT molecular complexity index is 1160. The summed E-state index contributed by atoms with van der Waals surface area (Å²) in [4.78, 5) is 19.4. The van der Waals surface area contributed by atoms with Crippen molar-refractivity contribution < 1.29 is 22.7 Å². The van der Waals surface area contributed by atoms with Crippen molar-refractivity contribution in [2.75, 3.05) is 26.3 Å². The fourth-order valence-corrected chi connectivity index (χ4v) is 5.59. The highest BCUT2D eigenvalue weighted by atomic mass is 32.2. The third kappa shape index (κ3) is 3.74. The fraction of sp³-hybridized carbons (Fsp3) is 0.364. The summed E-state index contributed by atoms with van der Waals surface area (Å²) in [7, 11) is -3.57. The predicted molar refractivity (Wildman–Crippen MR) is 114 cm³/mol. The molecule has 3 heterocycles. The Morgan fingerprint density at radius 3 is 2.81 bits per heavy atom. The van der Waals surface area contributed by atoms with E-state index in [1.807, 2.05) is 23.1 Å². The van der Waals surface area contributed by atoms with Crippen LogP contribution in [-0.4, -0.2) is 51.4 Å². The van der Waals surface area contributed by atoms with E-state index in [4.69, 9.17) is 9.47 Å². The van der Waals surface area contributed by atoms with Gasteiger partial charge < -0.3 is 14.4 Å². The Morgan fingerprint density at radius 2 is 1.94 bits per heavy atom. The van der Waals surface area contributed by atoms with E-state index in [2.05, 4.69) is 9.71 Å². The number of amides is 1. The molecular formula is C22H23N3O5S. The molecule has 9 heteroatoms. The van der Waals surface area contributed by atoms with Crippen LogP contribution < -0.4 is 14.2 Å². The van der Waals surface area contributed by atoms with Gasteiger partial charge in [0.1, 0.15) is 19.0 Å². The van der Waals surface area contributed by atoms with Crippen molar-refractivity contribution in [3.05, 3.63) is 53.6 Å². The van der Waals surface area contributed by atoms with Gasteiger partial charge in [-0.2, -0.15) is 0 Å². The molecule has 3 aliphatic heterocycles. The molecule has 0 aliphatic carbocycles. The number of ether oxygens (including phenoxy) is 2. The Balaban J connectivity index is 1.27. The van der Waals surface area contributed by atoms with E-state index in [1.54, 1.807) is 24.3 Å². The van der Waals surface area contributed by atoms with Crippen molar-refractivity contribution in [3.8, 4) is 11.5 Å². The number of sulfonamides is 1. The quantitative estimate of drug-likeness (QED) is 0.785. The maximum atomic E-state index is 12.9. The van der Waals surface area contributed by atoms with Crippen molar-refractivity contribution in [1.82, 2.24) is 9.62 Å². The second-order valence-corrected chi connectivity index (χ2v) is 9.38. The van der Waals surface area contributed by atoms with Crippen LogP contribution in [0, 0.1) is 0 Å². The molecule has 1 unspecified atom stereocenters. The first-order valence-electron chi connectivity index (χ1n) is 10.4. The minimum absolute atomic E-state index is 0.00156. The second-order valence-electron chi connectivity index (χ2n) is 7.73. The van der Waals surface area contributed by atoms with Crippen LogP contribution >= 0.6 is 0 Å². The van der Waals surface area contributed by atoms with E-state index in [0.29, 0.717) is 31.2 Å². The standard InChI is InChI=1S/C22H23N3O5S/c26-21(9-10-23-22-16-4-1-2-6-20(16)31(27,28)24-22)25-11-3-5-17(25)15-7-8-18-19(14-15)30-13-12-29-18/h1-2,4,6-8,14,17H,3,5,9-13H2,(H,23,24). The fourth-order valence-electron chi connectivity index (χ4n) is 4.34. The predicted octanol–water partition coefficient (Wildman–Crippen LogP) is 2.25. The summed E-state index contributed by atoms with van der Waals surface area (Å²) >= 11 is 0. The summed E-state index contributed by atoms with van der Waals surface area (Å²) in [6.45, 7) is 1.99. The molecule has 0 aromatic heterocycles. The first-order valence-corrected chi connectivity index (χ1v) is 11.9. The summed E-state index contributed by atoms with van der Waals surface area (Å²) in [6.07, 6.45) is 2.05. The zero-order chi connectivity index (χ0) is 21.4. The first-order chi connectivity index (χ1) is 15.0. The third-order valence-corrected chi connectivity index (χ3v) is 7.18. The Morgan fingerprint density at radius 1 is 1.13 bits per heavy atom. The molecule has 1 atom stereocenters. The molecule has 0 bridgehead atoms. The molecule has 2 aromatic carbocycles. The largest absolute Gasteiger partial charge is 0.486 e. The molecule has 3 aliphatic rings. The molecule has 8 nitrogen and oxygen atoms in total. The maximum Gasteiger partial charge on any atom is 0.263 e. The van der Waals surface area contributed by atoms with Crippen LogP contribution in [0.25, 0.3) is 0 Å². The smallest absolute Gasteiger partial charge is 0.263 e. The van der Waals surface area contributed by atoms with Crippen LogP contribution in [0.5, 0.6) is 11.5 Å². The highest BCUT2D eigenvalue weighted by Gasteiger charge is 2.32. The summed E-state index contributed by atoms with van der Waals surface area (Å²) < 4.78 is 38.1. The van der Waals surface area contributed by atoms with Crippen molar-refractivity contribution in [3.63, 3.8) is 0 Å². The number of amidine groups is 1. The van der Waals surface area contributed by atoms with Gasteiger partial charge in [-0.1, -0.05) is 18.2 Å². The SMILES string of the molecule is O=C(CCN=C1NS(=O)(=O)c2ccccc21)N1CCCC1c1ccc2c(c1)OCCO2. The number of nitrogens with one attached hydrogen (secondary N) is 1.